The van der Waals surface area contributed by atoms with E-state index in [1.54, 1.807) is 0 Å². The minimum atomic E-state index is 0.308. The Morgan fingerprint density at radius 3 is 2.71 bits per heavy atom. The summed E-state index contributed by atoms with van der Waals surface area (Å²) < 4.78 is 0. The number of hydrogen-bond acceptors (Lipinski definition) is 2. The number of rotatable bonds is 3. The van der Waals surface area contributed by atoms with Crippen LogP contribution < -0.4 is 5.73 Å². The van der Waals surface area contributed by atoms with E-state index in [1.165, 1.54) is 12.8 Å². The van der Waals surface area contributed by atoms with Crippen LogP contribution in [0.15, 0.2) is 0 Å². The fourth-order valence-corrected chi connectivity index (χ4v) is 2.71. The molecule has 0 spiro atoms. The number of piperidine rings is 1. The molecule has 3 unspecified atom stereocenters. The molecule has 1 aliphatic heterocycles. The van der Waals surface area contributed by atoms with Crippen molar-refractivity contribution in [3.05, 3.63) is 0 Å². The Balaban J connectivity index is 2.68. The van der Waals surface area contributed by atoms with Crippen LogP contribution in [0.5, 0.6) is 0 Å². The molecule has 1 saturated heterocycles. The second-order valence-corrected chi connectivity index (χ2v) is 4.90. The monoisotopic (exact) mass is 214 g/mol. The average molecular weight is 214 g/mol. The summed E-state index contributed by atoms with van der Waals surface area (Å²) in [5.74, 6) is 0.771. The highest BCUT2D eigenvalue weighted by Gasteiger charge is 2.30. The molecule has 0 aromatic heterocycles. The van der Waals surface area contributed by atoms with Crippen molar-refractivity contribution in [2.24, 2.45) is 11.7 Å². The quantitative estimate of drug-likeness (QED) is 0.730. The Morgan fingerprint density at radius 2 is 2.21 bits per heavy atom. The minimum Gasteiger partial charge on any atom is -0.392 e. The summed E-state index contributed by atoms with van der Waals surface area (Å²) in [5, 5.41) is 0. The molecule has 1 fully saturated rings. The number of likely N-dealkylation sites (tertiary alicyclic amines) is 1. The van der Waals surface area contributed by atoms with E-state index in [0.29, 0.717) is 17.1 Å². The largest absolute Gasteiger partial charge is 0.392 e. The maximum Gasteiger partial charge on any atom is 0.0902 e. The van der Waals surface area contributed by atoms with Crippen LogP contribution in [0.25, 0.3) is 0 Å². The van der Waals surface area contributed by atoms with E-state index in [9.17, 15) is 0 Å². The van der Waals surface area contributed by atoms with Crippen LogP contribution in [0.3, 0.4) is 0 Å². The first-order valence-corrected chi connectivity index (χ1v) is 6.03. The van der Waals surface area contributed by atoms with Gasteiger partial charge in [0.2, 0.25) is 0 Å². The summed E-state index contributed by atoms with van der Waals surface area (Å²) in [6.07, 6.45) is 3.66. The highest BCUT2D eigenvalue weighted by Crippen LogP contribution is 2.25. The first-order chi connectivity index (χ1) is 6.57. The second-order valence-electron chi connectivity index (χ2n) is 4.42. The Kier molecular flexibility index (Phi) is 4.32. The molecular weight excluding hydrogens is 192 g/mol. The molecule has 1 aliphatic rings. The molecule has 0 aromatic carbocycles. The molecule has 1 rings (SSSR count). The number of nitrogens with zero attached hydrogens (tertiary/aromatic N) is 1. The summed E-state index contributed by atoms with van der Waals surface area (Å²) in [5.41, 5.74) is 5.78. The van der Waals surface area contributed by atoms with Gasteiger partial charge in [0.05, 0.1) is 11.0 Å². The molecule has 0 amide bonds. The highest BCUT2D eigenvalue weighted by atomic mass is 32.1. The summed E-state index contributed by atoms with van der Waals surface area (Å²) in [7, 11) is 0. The van der Waals surface area contributed by atoms with Crippen LogP contribution in [-0.4, -0.2) is 28.5 Å². The molecule has 2 nitrogen and oxygen atoms in total. The van der Waals surface area contributed by atoms with Crippen LogP contribution in [0.2, 0.25) is 0 Å². The van der Waals surface area contributed by atoms with Gasteiger partial charge in [-0.1, -0.05) is 26.1 Å². The lowest BCUT2D eigenvalue weighted by molar-refractivity contribution is 0.0930. The van der Waals surface area contributed by atoms with E-state index in [0.717, 1.165) is 18.9 Å². The Morgan fingerprint density at radius 1 is 1.57 bits per heavy atom. The molecule has 0 saturated carbocycles. The maximum absolute atomic E-state index is 5.78. The van der Waals surface area contributed by atoms with E-state index >= 15 is 0 Å². The van der Waals surface area contributed by atoms with Crippen molar-refractivity contribution < 1.29 is 0 Å². The van der Waals surface area contributed by atoms with Crippen molar-refractivity contribution in [2.75, 3.05) is 6.54 Å². The smallest absolute Gasteiger partial charge is 0.0902 e. The molecule has 0 radical (unpaired) electrons. The summed E-state index contributed by atoms with van der Waals surface area (Å²) in [6.45, 7) is 7.94. The van der Waals surface area contributed by atoms with Gasteiger partial charge in [0.15, 0.2) is 0 Å². The van der Waals surface area contributed by atoms with Gasteiger partial charge >= 0.3 is 0 Å². The van der Waals surface area contributed by atoms with E-state index < -0.39 is 0 Å². The highest BCUT2D eigenvalue weighted by molar-refractivity contribution is 7.80. The van der Waals surface area contributed by atoms with Crippen molar-refractivity contribution in [3.63, 3.8) is 0 Å². The van der Waals surface area contributed by atoms with Gasteiger partial charge in [0.1, 0.15) is 0 Å². The molecule has 3 heteroatoms. The van der Waals surface area contributed by atoms with Crippen LogP contribution in [0.1, 0.15) is 40.0 Å². The lowest BCUT2D eigenvalue weighted by Gasteiger charge is -2.42. The first kappa shape index (κ1) is 11.9. The molecule has 3 atom stereocenters. The topological polar surface area (TPSA) is 29.3 Å². The zero-order valence-corrected chi connectivity index (χ0v) is 10.3. The van der Waals surface area contributed by atoms with Crippen molar-refractivity contribution in [1.29, 1.82) is 0 Å². The molecule has 2 N–H and O–H groups in total. The summed E-state index contributed by atoms with van der Waals surface area (Å²) in [4.78, 5) is 3.14. The van der Waals surface area contributed by atoms with Crippen molar-refractivity contribution in [1.82, 2.24) is 4.90 Å². The lowest BCUT2D eigenvalue weighted by Crippen LogP contribution is -2.52. The van der Waals surface area contributed by atoms with Gasteiger partial charge in [-0.15, -0.1) is 0 Å². The third-order valence-electron chi connectivity index (χ3n) is 3.54. The van der Waals surface area contributed by atoms with E-state index in [4.69, 9.17) is 18.0 Å². The van der Waals surface area contributed by atoms with Crippen molar-refractivity contribution in [2.45, 2.75) is 52.1 Å². The second kappa shape index (κ2) is 5.08. The van der Waals surface area contributed by atoms with Gasteiger partial charge in [-0.25, -0.2) is 0 Å². The van der Waals surface area contributed by atoms with Gasteiger partial charge in [-0.2, -0.15) is 0 Å². The van der Waals surface area contributed by atoms with E-state index in [2.05, 4.69) is 25.7 Å². The molecule has 82 valence electrons. The Hall–Kier alpha value is -0.150. The molecule has 0 aromatic rings. The van der Waals surface area contributed by atoms with Gasteiger partial charge in [-0.3, -0.25) is 4.90 Å². The maximum atomic E-state index is 5.78. The first-order valence-electron chi connectivity index (χ1n) is 5.63. The van der Waals surface area contributed by atoms with E-state index in [1.807, 2.05) is 0 Å². The van der Waals surface area contributed by atoms with Gasteiger partial charge < -0.3 is 5.73 Å². The number of nitrogens with two attached hydrogens (primary N) is 1. The summed E-state index contributed by atoms with van der Waals surface area (Å²) >= 11 is 5.12. The van der Waals surface area contributed by atoms with Gasteiger partial charge in [0, 0.05) is 6.04 Å². The fraction of sp³-hybridized carbons (Fsp3) is 0.909. The molecule has 14 heavy (non-hydrogen) atoms. The average Bonchev–Trinajstić information content (AvgIpc) is 2.13. The van der Waals surface area contributed by atoms with Crippen LogP contribution in [0, 0.1) is 5.92 Å². The predicted molar refractivity (Wildman–Crippen MR) is 65.4 cm³/mol. The number of thiocarbonyl (C=S) groups is 1. The van der Waals surface area contributed by atoms with Crippen LogP contribution in [-0.2, 0) is 0 Å². The molecular formula is C11H22N2S. The number of hydrogen-bond donors (Lipinski definition) is 1. The predicted octanol–water partition coefficient (Wildman–Crippen LogP) is 2.17. The SMILES string of the molecule is CCC(C(N)=S)N1CCCC(C)C1C. The minimum absolute atomic E-state index is 0.308. The third-order valence-corrected chi connectivity index (χ3v) is 3.81. The molecule has 1 heterocycles. The van der Waals surface area contributed by atoms with E-state index in [-0.39, 0.29) is 0 Å². The van der Waals surface area contributed by atoms with Gasteiger partial charge in [-0.05, 0) is 38.6 Å². The zero-order valence-electron chi connectivity index (χ0n) is 9.49. The van der Waals surface area contributed by atoms with Crippen molar-refractivity contribution in [3.8, 4) is 0 Å². The van der Waals surface area contributed by atoms with Crippen molar-refractivity contribution >= 4 is 17.2 Å². The zero-order chi connectivity index (χ0) is 10.7. The normalized spacial score (nSPS) is 31.4. The standard InChI is InChI=1S/C11H22N2S/c1-4-10(11(12)14)13-7-5-6-8(2)9(13)3/h8-10H,4-7H2,1-3H3,(H2,12,14). The third kappa shape index (κ3) is 2.45. The van der Waals surface area contributed by atoms with Gasteiger partial charge in [0.25, 0.3) is 0 Å². The Labute approximate surface area is 92.8 Å². The summed E-state index contributed by atoms with van der Waals surface area (Å²) in [6, 6.07) is 0.929. The fourth-order valence-electron chi connectivity index (χ4n) is 2.41. The Bertz CT molecular complexity index is 205. The molecule has 0 bridgehead atoms. The van der Waals surface area contributed by atoms with Crippen LogP contribution in [0.4, 0.5) is 0 Å². The molecule has 0 aliphatic carbocycles. The lowest BCUT2D eigenvalue weighted by atomic mass is 9.90. The van der Waals surface area contributed by atoms with Crippen LogP contribution >= 0.6 is 12.2 Å².